The third-order valence-corrected chi connectivity index (χ3v) is 3.51. The lowest BCUT2D eigenvalue weighted by Crippen LogP contribution is -2.13. The summed E-state index contributed by atoms with van der Waals surface area (Å²) in [5.74, 6) is -0.606. The van der Waals surface area contributed by atoms with Gasteiger partial charge in [0, 0.05) is 30.0 Å². The summed E-state index contributed by atoms with van der Waals surface area (Å²) in [4.78, 5) is 37.4. The van der Waals surface area contributed by atoms with Crippen molar-refractivity contribution in [3.63, 3.8) is 0 Å². The van der Waals surface area contributed by atoms with E-state index in [1.54, 1.807) is 12.3 Å². The Morgan fingerprint density at radius 3 is 2.62 bits per heavy atom. The third-order valence-electron chi connectivity index (χ3n) is 2.75. The number of anilines is 1. The van der Waals surface area contributed by atoms with Gasteiger partial charge in [-0.1, -0.05) is 0 Å². The average molecular weight is 305 g/mol. The van der Waals surface area contributed by atoms with Crippen LogP contribution < -0.4 is 5.32 Å². The topological polar surface area (TPSA) is 102 Å². The normalized spacial score (nSPS) is 10.2. The first-order chi connectivity index (χ1) is 9.88. The zero-order chi connectivity index (χ0) is 15.6. The number of non-ortho nitro benzene ring substituents is 1. The number of hydrogen-bond acceptors (Lipinski definition) is 6. The second-order valence-corrected chi connectivity index (χ2v) is 5.16. The Kier molecular flexibility index (Phi) is 4.08. The molecule has 1 aromatic heterocycles. The average Bonchev–Trinajstić information content (AvgIpc) is 2.87. The van der Waals surface area contributed by atoms with Crippen molar-refractivity contribution in [1.82, 2.24) is 4.98 Å². The number of nitrogens with zero attached hydrogens (tertiary/aromatic N) is 2. The number of aryl methyl sites for hydroxylation is 1. The van der Waals surface area contributed by atoms with Gasteiger partial charge in [-0.25, -0.2) is 4.98 Å². The first-order valence-corrected chi connectivity index (χ1v) is 6.79. The molecule has 0 spiro atoms. The van der Waals surface area contributed by atoms with Gasteiger partial charge in [0.15, 0.2) is 10.9 Å². The molecule has 0 fully saturated rings. The maximum atomic E-state index is 12.1. The van der Waals surface area contributed by atoms with Gasteiger partial charge in [-0.2, -0.15) is 0 Å². The number of carbonyl (C=O) groups is 2. The van der Waals surface area contributed by atoms with Gasteiger partial charge in [0.1, 0.15) is 5.69 Å². The predicted molar refractivity (Wildman–Crippen MR) is 77.9 cm³/mol. The molecule has 0 saturated carbocycles. The number of nitro groups is 1. The molecule has 2 aromatic rings. The van der Waals surface area contributed by atoms with Crippen LogP contribution in [0.1, 0.15) is 33.3 Å². The van der Waals surface area contributed by atoms with Crippen molar-refractivity contribution >= 4 is 33.8 Å². The number of benzene rings is 1. The lowest BCUT2D eigenvalue weighted by molar-refractivity contribution is -0.384. The first-order valence-electron chi connectivity index (χ1n) is 5.91. The minimum absolute atomic E-state index is 0.0721. The number of rotatable bonds is 4. The molecule has 8 heteroatoms. The second-order valence-electron chi connectivity index (χ2n) is 4.30. The minimum atomic E-state index is -0.519. The van der Waals surface area contributed by atoms with Crippen LogP contribution >= 0.6 is 11.3 Å². The van der Waals surface area contributed by atoms with E-state index < -0.39 is 10.8 Å². The molecule has 0 aliphatic heterocycles. The van der Waals surface area contributed by atoms with Gasteiger partial charge in [0.2, 0.25) is 0 Å². The molecule has 0 aliphatic rings. The van der Waals surface area contributed by atoms with Gasteiger partial charge < -0.3 is 0 Å². The Hall–Kier alpha value is -2.61. The summed E-state index contributed by atoms with van der Waals surface area (Å²) in [6.07, 6.45) is 0. The molecule has 0 atom stereocenters. The molecule has 0 radical (unpaired) electrons. The van der Waals surface area contributed by atoms with E-state index in [2.05, 4.69) is 10.3 Å². The number of hydrogen-bond donors (Lipinski definition) is 1. The largest absolute Gasteiger partial charge is 0.298 e. The maximum Gasteiger partial charge on any atom is 0.269 e. The van der Waals surface area contributed by atoms with Crippen molar-refractivity contribution in [2.45, 2.75) is 13.8 Å². The molecule has 108 valence electrons. The summed E-state index contributed by atoms with van der Waals surface area (Å²) < 4.78 is 0. The van der Waals surface area contributed by atoms with Crippen LogP contribution in [0.2, 0.25) is 0 Å². The van der Waals surface area contributed by atoms with E-state index in [0.717, 1.165) is 11.3 Å². The Bertz CT molecular complexity index is 739. The first kappa shape index (κ1) is 14.8. The van der Waals surface area contributed by atoms with E-state index in [1.165, 1.54) is 25.1 Å². The second kappa shape index (κ2) is 5.80. The van der Waals surface area contributed by atoms with Crippen molar-refractivity contribution in [2.75, 3.05) is 5.32 Å². The predicted octanol–water partition coefficient (Wildman–Crippen LogP) is 2.81. The molecule has 1 heterocycles. The summed E-state index contributed by atoms with van der Waals surface area (Å²) in [7, 11) is 0. The lowest BCUT2D eigenvalue weighted by Gasteiger charge is -2.05. The van der Waals surface area contributed by atoms with Crippen LogP contribution in [0.4, 0.5) is 10.8 Å². The molecule has 2 rings (SSSR count). The SMILES string of the molecule is CC(=O)c1csc(NC(=O)c2ccc([N+](=O)[O-])cc2C)n1. The Morgan fingerprint density at radius 2 is 2.10 bits per heavy atom. The standard InChI is InChI=1S/C13H11N3O4S/c1-7-5-9(16(19)20)3-4-10(7)12(18)15-13-14-11(6-21-13)8(2)17/h3-6H,1-2H3,(H,14,15,18). The number of ketones is 1. The van der Waals surface area contributed by atoms with E-state index in [9.17, 15) is 19.7 Å². The number of thiazole rings is 1. The van der Waals surface area contributed by atoms with Gasteiger partial charge in [-0.05, 0) is 18.6 Å². The molecule has 0 bridgehead atoms. The number of amides is 1. The molecule has 1 N–H and O–H groups in total. The zero-order valence-corrected chi connectivity index (χ0v) is 12.1. The molecular formula is C13H11N3O4S. The highest BCUT2D eigenvalue weighted by molar-refractivity contribution is 7.14. The van der Waals surface area contributed by atoms with Crippen LogP contribution in [0.3, 0.4) is 0 Å². The van der Waals surface area contributed by atoms with E-state index >= 15 is 0 Å². The molecule has 0 saturated heterocycles. The summed E-state index contributed by atoms with van der Waals surface area (Å²) >= 11 is 1.14. The van der Waals surface area contributed by atoms with Crippen molar-refractivity contribution in [3.05, 3.63) is 50.5 Å². The number of nitrogens with one attached hydrogen (secondary N) is 1. The molecule has 0 aliphatic carbocycles. The highest BCUT2D eigenvalue weighted by atomic mass is 32.1. The molecule has 1 aromatic carbocycles. The van der Waals surface area contributed by atoms with Crippen molar-refractivity contribution in [3.8, 4) is 0 Å². The molecule has 0 unspecified atom stereocenters. The summed E-state index contributed by atoms with van der Waals surface area (Å²) in [6.45, 7) is 3.01. The van der Waals surface area contributed by atoms with Crippen LogP contribution in [-0.2, 0) is 0 Å². The Balaban J connectivity index is 2.20. The fourth-order valence-corrected chi connectivity index (χ4v) is 2.42. The van der Waals surface area contributed by atoms with E-state index in [-0.39, 0.29) is 17.2 Å². The quantitative estimate of drug-likeness (QED) is 0.531. The van der Waals surface area contributed by atoms with Gasteiger partial charge in [-0.3, -0.25) is 25.0 Å². The molecular weight excluding hydrogens is 294 g/mol. The number of Topliss-reactive ketones (excluding diaryl/α,β-unsaturated/α-hetero) is 1. The van der Waals surface area contributed by atoms with Crippen LogP contribution in [-0.4, -0.2) is 21.6 Å². The van der Waals surface area contributed by atoms with Gasteiger partial charge in [-0.15, -0.1) is 11.3 Å². The summed E-state index contributed by atoms with van der Waals surface area (Å²) in [6, 6.07) is 3.99. The Labute approximate surface area is 123 Å². The van der Waals surface area contributed by atoms with Crippen molar-refractivity contribution in [1.29, 1.82) is 0 Å². The van der Waals surface area contributed by atoms with E-state index in [4.69, 9.17) is 0 Å². The van der Waals surface area contributed by atoms with E-state index in [0.29, 0.717) is 16.3 Å². The molecule has 7 nitrogen and oxygen atoms in total. The summed E-state index contributed by atoms with van der Waals surface area (Å²) in [5.41, 5.74) is 1.03. The number of aromatic nitrogens is 1. The molecule has 1 amide bonds. The van der Waals surface area contributed by atoms with Gasteiger partial charge in [0.25, 0.3) is 11.6 Å². The summed E-state index contributed by atoms with van der Waals surface area (Å²) in [5, 5.41) is 15.1. The van der Waals surface area contributed by atoms with Gasteiger partial charge in [0.05, 0.1) is 4.92 Å². The number of nitro benzene ring substituents is 1. The third kappa shape index (κ3) is 3.29. The highest BCUT2D eigenvalue weighted by Gasteiger charge is 2.15. The molecule has 21 heavy (non-hydrogen) atoms. The monoisotopic (exact) mass is 305 g/mol. The van der Waals surface area contributed by atoms with Crippen LogP contribution in [0, 0.1) is 17.0 Å². The Morgan fingerprint density at radius 1 is 1.38 bits per heavy atom. The number of carbonyl (C=O) groups excluding carboxylic acids is 2. The van der Waals surface area contributed by atoms with Crippen molar-refractivity contribution in [2.24, 2.45) is 0 Å². The van der Waals surface area contributed by atoms with Crippen molar-refractivity contribution < 1.29 is 14.5 Å². The van der Waals surface area contributed by atoms with Crippen LogP contribution in [0.25, 0.3) is 0 Å². The lowest BCUT2D eigenvalue weighted by atomic mass is 10.1. The van der Waals surface area contributed by atoms with E-state index in [1.807, 2.05) is 0 Å². The smallest absolute Gasteiger partial charge is 0.269 e. The van der Waals surface area contributed by atoms with Crippen LogP contribution in [0.15, 0.2) is 23.6 Å². The van der Waals surface area contributed by atoms with Crippen LogP contribution in [0.5, 0.6) is 0 Å². The maximum absolute atomic E-state index is 12.1. The fraction of sp³-hybridized carbons (Fsp3) is 0.154. The van der Waals surface area contributed by atoms with Gasteiger partial charge >= 0.3 is 0 Å². The highest BCUT2D eigenvalue weighted by Crippen LogP contribution is 2.20. The fourth-order valence-electron chi connectivity index (χ4n) is 1.67. The minimum Gasteiger partial charge on any atom is -0.298 e. The zero-order valence-electron chi connectivity index (χ0n) is 11.2.